The van der Waals surface area contributed by atoms with Crippen LogP contribution in [0.1, 0.15) is 36.0 Å². The molecule has 156 valence electrons. The monoisotopic (exact) mass is 419 g/mol. The predicted molar refractivity (Wildman–Crippen MR) is 109 cm³/mol. The Kier molecular flexibility index (Phi) is 7.16. The lowest BCUT2D eigenvalue weighted by molar-refractivity contribution is -0.123. The van der Waals surface area contributed by atoms with Gasteiger partial charge in [-0.15, -0.1) is 17.5 Å². The third-order valence-electron chi connectivity index (χ3n) is 5.48. The molecule has 1 aromatic heterocycles. The van der Waals surface area contributed by atoms with Gasteiger partial charge in [-0.2, -0.15) is 4.68 Å². The van der Waals surface area contributed by atoms with E-state index in [9.17, 15) is 9.59 Å². The number of likely N-dealkylation sites (tertiary alicyclic amines) is 1. The molecule has 2 saturated heterocycles. The summed E-state index contributed by atoms with van der Waals surface area (Å²) in [6.07, 6.45) is 5.37. The molecule has 2 aromatic rings. The SMILES string of the molecule is Cl.O=C(NCC1CCCN(C(=O)c2ccccc2-n2cnnn2)C1)C1CCCN1. The summed E-state index contributed by atoms with van der Waals surface area (Å²) in [6.45, 7) is 2.87. The lowest BCUT2D eigenvalue weighted by Crippen LogP contribution is -2.46. The maximum absolute atomic E-state index is 13.2. The second kappa shape index (κ2) is 9.80. The lowest BCUT2D eigenvalue weighted by Gasteiger charge is -2.33. The highest BCUT2D eigenvalue weighted by Crippen LogP contribution is 2.21. The Morgan fingerprint density at radius 2 is 2.07 bits per heavy atom. The molecular weight excluding hydrogens is 394 g/mol. The summed E-state index contributed by atoms with van der Waals surface area (Å²) < 4.78 is 1.50. The molecule has 0 radical (unpaired) electrons. The van der Waals surface area contributed by atoms with E-state index in [4.69, 9.17) is 0 Å². The van der Waals surface area contributed by atoms with Crippen LogP contribution in [0.2, 0.25) is 0 Å². The van der Waals surface area contributed by atoms with E-state index in [0.29, 0.717) is 24.3 Å². The average molecular weight is 420 g/mol. The van der Waals surface area contributed by atoms with Crippen molar-refractivity contribution in [1.29, 1.82) is 0 Å². The van der Waals surface area contributed by atoms with Gasteiger partial charge < -0.3 is 15.5 Å². The van der Waals surface area contributed by atoms with E-state index in [-0.39, 0.29) is 36.2 Å². The highest BCUT2D eigenvalue weighted by molar-refractivity contribution is 5.97. The van der Waals surface area contributed by atoms with Crippen molar-refractivity contribution in [2.45, 2.75) is 31.7 Å². The van der Waals surface area contributed by atoms with Gasteiger partial charge in [-0.3, -0.25) is 9.59 Å². The van der Waals surface area contributed by atoms with Crippen molar-refractivity contribution >= 4 is 24.2 Å². The first-order valence-electron chi connectivity index (χ1n) is 9.85. The standard InChI is InChI=1S/C19H25N7O2.ClH/c27-18(16-7-3-9-20-16)21-11-14-5-4-10-25(12-14)19(28)15-6-1-2-8-17(15)26-13-22-23-24-26;/h1-2,6,8,13-14,16,20H,3-5,7,9-12H2,(H,21,27);1H. The number of nitrogens with one attached hydrogen (secondary N) is 2. The van der Waals surface area contributed by atoms with Crippen molar-refractivity contribution in [2.75, 3.05) is 26.2 Å². The Bertz CT molecular complexity index is 824. The molecule has 2 amide bonds. The normalized spacial score (nSPS) is 21.4. The van der Waals surface area contributed by atoms with E-state index in [2.05, 4.69) is 26.2 Å². The summed E-state index contributed by atoms with van der Waals surface area (Å²) in [5.41, 5.74) is 1.25. The van der Waals surface area contributed by atoms with Gasteiger partial charge in [0.1, 0.15) is 6.33 Å². The molecule has 1 aromatic carbocycles. The number of piperidine rings is 1. The fourth-order valence-corrected chi connectivity index (χ4v) is 3.99. The van der Waals surface area contributed by atoms with Crippen molar-refractivity contribution in [3.05, 3.63) is 36.2 Å². The van der Waals surface area contributed by atoms with Gasteiger partial charge in [0, 0.05) is 19.6 Å². The largest absolute Gasteiger partial charge is 0.354 e. The zero-order chi connectivity index (χ0) is 19.3. The summed E-state index contributed by atoms with van der Waals surface area (Å²) in [5, 5.41) is 17.5. The van der Waals surface area contributed by atoms with Gasteiger partial charge in [0.05, 0.1) is 17.3 Å². The Labute approximate surface area is 175 Å². The van der Waals surface area contributed by atoms with Crippen LogP contribution in [0.3, 0.4) is 0 Å². The number of halogens is 1. The molecule has 29 heavy (non-hydrogen) atoms. The molecule has 2 fully saturated rings. The third kappa shape index (κ3) is 4.91. The van der Waals surface area contributed by atoms with Crippen LogP contribution in [0, 0.1) is 5.92 Å². The van der Waals surface area contributed by atoms with E-state index in [0.717, 1.165) is 38.8 Å². The molecule has 9 nitrogen and oxygen atoms in total. The zero-order valence-electron chi connectivity index (χ0n) is 16.2. The number of para-hydroxylation sites is 1. The quantitative estimate of drug-likeness (QED) is 0.742. The van der Waals surface area contributed by atoms with Gasteiger partial charge in [-0.25, -0.2) is 0 Å². The number of amides is 2. The van der Waals surface area contributed by atoms with Crippen molar-refractivity contribution in [2.24, 2.45) is 5.92 Å². The number of benzene rings is 1. The van der Waals surface area contributed by atoms with Crippen LogP contribution in [0.25, 0.3) is 5.69 Å². The minimum Gasteiger partial charge on any atom is -0.354 e. The van der Waals surface area contributed by atoms with E-state index in [1.54, 1.807) is 6.07 Å². The van der Waals surface area contributed by atoms with Crippen molar-refractivity contribution in [3.63, 3.8) is 0 Å². The number of carbonyl (C=O) groups is 2. The summed E-state index contributed by atoms with van der Waals surface area (Å²) in [4.78, 5) is 27.3. The Balaban J connectivity index is 0.00000240. The first kappa shape index (κ1) is 21.2. The van der Waals surface area contributed by atoms with Crippen LogP contribution in [0.4, 0.5) is 0 Å². The summed E-state index contributed by atoms with van der Waals surface area (Å²) in [5.74, 6) is 0.313. The van der Waals surface area contributed by atoms with Crippen LogP contribution in [0.15, 0.2) is 30.6 Å². The van der Waals surface area contributed by atoms with E-state index in [1.807, 2.05) is 23.1 Å². The van der Waals surface area contributed by atoms with Gasteiger partial charge in [0.2, 0.25) is 5.91 Å². The minimum atomic E-state index is -0.0653. The van der Waals surface area contributed by atoms with Gasteiger partial charge in [0.25, 0.3) is 5.91 Å². The lowest BCUT2D eigenvalue weighted by atomic mass is 9.97. The molecule has 2 aliphatic heterocycles. The van der Waals surface area contributed by atoms with E-state index >= 15 is 0 Å². The minimum absolute atomic E-state index is 0. The van der Waals surface area contributed by atoms with Crippen LogP contribution < -0.4 is 10.6 Å². The topological polar surface area (TPSA) is 105 Å². The molecule has 0 aliphatic carbocycles. The smallest absolute Gasteiger partial charge is 0.256 e. The van der Waals surface area contributed by atoms with Crippen LogP contribution in [-0.4, -0.2) is 69.1 Å². The molecule has 3 heterocycles. The van der Waals surface area contributed by atoms with Gasteiger partial charge >= 0.3 is 0 Å². The second-order valence-corrected chi connectivity index (χ2v) is 7.43. The summed E-state index contributed by atoms with van der Waals surface area (Å²) in [7, 11) is 0. The number of nitrogens with zero attached hydrogens (tertiary/aromatic N) is 5. The number of rotatable bonds is 5. The number of hydrogen-bond acceptors (Lipinski definition) is 6. The van der Waals surface area contributed by atoms with E-state index < -0.39 is 0 Å². The number of aromatic nitrogens is 4. The van der Waals surface area contributed by atoms with Crippen LogP contribution >= 0.6 is 12.4 Å². The van der Waals surface area contributed by atoms with Gasteiger partial charge in [-0.05, 0) is 60.7 Å². The van der Waals surface area contributed by atoms with Crippen molar-refractivity contribution in [1.82, 2.24) is 35.7 Å². The third-order valence-corrected chi connectivity index (χ3v) is 5.48. The predicted octanol–water partition coefficient (Wildman–Crippen LogP) is 0.804. The molecule has 10 heteroatoms. The van der Waals surface area contributed by atoms with Crippen molar-refractivity contribution < 1.29 is 9.59 Å². The van der Waals surface area contributed by atoms with Crippen LogP contribution in [0.5, 0.6) is 0 Å². The first-order chi connectivity index (χ1) is 13.7. The fourth-order valence-electron chi connectivity index (χ4n) is 3.99. The van der Waals surface area contributed by atoms with Crippen molar-refractivity contribution in [3.8, 4) is 5.69 Å². The number of tetrazole rings is 1. The molecule has 2 unspecified atom stereocenters. The second-order valence-electron chi connectivity index (χ2n) is 7.43. The fraction of sp³-hybridized carbons (Fsp3) is 0.526. The Morgan fingerprint density at radius 3 is 2.83 bits per heavy atom. The zero-order valence-corrected chi connectivity index (χ0v) is 17.0. The summed E-state index contributed by atoms with van der Waals surface area (Å²) in [6, 6.07) is 7.28. The molecule has 0 bridgehead atoms. The Hall–Kier alpha value is -2.52. The molecule has 2 aliphatic rings. The maximum atomic E-state index is 13.2. The molecule has 0 saturated carbocycles. The summed E-state index contributed by atoms with van der Waals surface area (Å²) >= 11 is 0. The van der Waals surface area contributed by atoms with Crippen LogP contribution in [-0.2, 0) is 4.79 Å². The molecular formula is C19H26ClN7O2. The maximum Gasteiger partial charge on any atom is 0.256 e. The average Bonchev–Trinajstić information content (AvgIpc) is 3.46. The molecule has 4 rings (SSSR count). The molecule has 2 N–H and O–H groups in total. The molecule has 2 atom stereocenters. The number of carbonyl (C=O) groups excluding carboxylic acids is 2. The first-order valence-corrected chi connectivity index (χ1v) is 9.85. The highest BCUT2D eigenvalue weighted by Gasteiger charge is 2.28. The Morgan fingerprint density at radius 1 is 1.21 bits per heavy atom. The highest BCUT2D eigenvalue weighted by atomic mass is 35.5. The van der Waals surface area contributed by atoms with Gasteiger partial charge in [-0.1, -0.05) is 12.1 Å². The van der Waals surface area contributed by atoms with Gasteiger partial charge in [0.15, 0.2) is 0 Å². The number of hydrogen-bond donors (Lipinski definition) is 2. The molecule has 0 spiro atoms. The van der Waals surface area contributed by atoms with E-state index in [1.165, 1.54) is 11.0 Å².